The molecule has 2 aromatic rings. The Bertz CT molecular complexity index is 590. The van der Waals surface area contributed by atoms with Gasteiger partial charge >= 0.3 is 5.97 Å². The molecule has 0 fully saturated rings. The Balaban J connectivity index is 2.82. The third kappa shape index (κ3) is 1.34. The zero-order valence-corrected chi connectivity index (χ0v) is 7.94. The number of hydrogen-bond acceptors (Lipinski definition) is 3. The van der Waals surface area contributed by atoms with Crippen LogP contribution in [-0.2, 0) is 0 Å². The van der Waals surface area contributed by atoms with E-state index in [9.17, 15) is 4.79 Å². The van der Waals surface area contributed by atoms with Gasteiger partial charge in [0.25, 0.3) is 0 Å². The van der Waals surface area contributed by atoms with Gasteiger partial charge in [0.2, 0.25) is 5.76 Å². The second kappa shape index (κ2) is 3.14. The molecule has 0 atom stereocenters. The van der Waals surface area contributed by atoms with Crippen LogP contribution in [0.25, 0.3) is 10.8 Å². The normalized spacial score (nSPS) is 10.1. The maximum absolute atomic E-state index is 10.8. The first-order valence-electron chi connectivity index (χ1n) is 4.30. The minimum atomic E-state index is -1.10. The summed E-state index contributed by atoms with van der Waals surface area (Å²) in [5.41, 5.74) is 0.489. The summed E-state index contributed by atoms with van der Waals surface area (Å²) in [6.07, 6.45) is 0. The van der Waals surface area contributed by atoms with Gasteiger partial charge in [-0.3, -0.25) is 0 Å². The van der Waals surface area contributed by atoms with E-state index in [0.29, 0.717) is 22.1 Å². The molecule has 0 aliphatic carbocycles. The predicted octanol–water partition coefficient (Wildman–Crippen LogP) is 2.31. The van der Waals surface area contributed by atoms with Gasteiger partial charge in [-0.2, -0.15) is 5.26 Å². The maximum atomic E-state index is 10.8. The van der Waals surface area contributed by atoms with Gasteiger partial charge in [-0.1, -0.05) is 0 Å². The number of rotatable bonds is 1. The Kier molecular flexibility index (Phi) is 1.94. The molecule has 0 radical (unpaired) electrons. The number of hydrogen-bond donors (Lipinski definition) is 1. The van der Waals surface area contributed by atoms with E-state index in [0.717, 1.165) is 0 Å². The number of fused-ring (bicyclic) bond motifs is 1. The molecule has 1 aromatic carbocycles. The van der Waals surface area contributed by atoms with Crippen molar-refractivity contribution in [1.29, 1.82) is 5.26 Å². The second-order valence-electron chi connectivity index (χ2n) is 3.16. The SMILES string of the molecule is Cc1oc(C(=O)O)c2ccc(C#N)cc12. The highest BCUT2D eigenvalue weighted by Gasteiger charge is 2.16. The molecular weight excluding hydrogens is 194 g/mol. The van der Waals surface area contributed by atoms with Gasteiger partial charge in [-0.25, -0.2) is 4.79 Å². The number of furan rings is 1. The number of aryl methyl sites for hydroxylation is 1. The number of carboxylic acid groups (broad SMARTS) is 1. The Morgan fingerprint density at radius 2 is 2.20 bits per heavy atom. The average Bonchev–Trinajstić information content (AvgIpc) is 2.56. The molecule has 1 N–H and O–H groups in total. The highest BCUT2D eigenvalue weighted by Crippen LogP contribution is 2.26. The third-order valence-electron chi connectivity index (χ3n) is 2.22. The Hall–Kier alpha value is -2.28. The van der Waals surface area contributed by atoms with Crippen molar-refractivity contribution in [1.82, 2.24) is 0 Å². The number of aromatic carboxylic acids is 1. The molecule has 74 valence electrons. The summed E-state index contributed by atoms with van der Waals surface area (Å²) in [7, 11) is 0. The van der Waals surface area contributed by atoms with Crippen LogP contribution in [0.3, 0.4) is 0 Å². The molecule has 4 heteroatoms. The van der Waals surface area contributed by atoms with E-state index in [1.165, 1.54) is 0 Å². The summed E-state index contributed by atoms with van der Waals surface area (Å²) in [6.45, 7) is 1.68. The summed E-state index contributed by atoms with van der Waals surface area (Å²) >= 11 is 0. The first-order valence-corrected chi connectivity index (χ1v) is 4.30. The lowest BCUT2D eigenvalue weighted by molar-refractivity contribution is 0.0664. The fourth-order valence-electron chi connectivity index (χ4n) is 1.52. The zero-order chi connectivity index (χ0) is 11.0. The van der Waals surface area contributed by atoms with E-state index in [4.69, 9.17) is 14.8 Å². The van der Waals surface area contributed by atoms with E-state index in [1.807, 2.05) is 6.07 Å². The number of benzene rings is 1. The molecule has 15 heavy (non-hydrogen) atoms. The molecule has 4 nitrogen and oxygen atoms in total. The van der Waals surface area contributed by atoms with Crippen LogP contribution in [0.1, 0.15) is 21.9 Å². The van der Waals surface area contributed by atoms with E-state index in [-0.39, 0.29) is 5.76 Å². The van der Waals surface area contributed by atoms with Crippen LogP contribution in [0.15, 0.2) is 22.6 Å². The van der Waals surface area contributed by atoms with Crippen LogP contribution >= 0.6 is 0 Å². The Morgan fingerprint density at radius 1 is 1.47 bits per heavy atom. The minimum absolute atomic E-state index is 0.0769. The Labute approximate surface area is 85.4 Å². The Morgan fingerprint density at radius 3 is 2.80 bits per heavy atom. The second-order valence-corrected chi connectivity index (χ2v) is 3.16. The highest BCUT2D eigenvalue weighted by atomic mass is 16.4. The summed E-state index contributed by atoms with van der Waals surface area (Å²) in [5.74, 6) is -0.663. The standard InChI is InChI=1S/C11H7NO3/c1-6-9-4-7(5-12)2-3-8(9)10(15-6)11(13)14/h2-4H,1H3,(H,13,14). The van der Waals surface area contributed by atoms with Crippen molar-refractivity contribution in [2.75, 3.05) is 0 Å². The smallest absolute Gasteiger partial charge is 0.372 e. The van der Waals surface area contributed by atoms with Crippen LogP contribution < -0.4 is 0 Å². The van der Waals surface area contributed by atoms with Gasteiger partial charge in [0.1, 0.15) is 5.76 Å². The fraction of sp³-hybridized carbons (Fsp3) is 0.0909. The van der Waals surface area contributed by atoms with E-state index < -0.39 is 5.97 Å². The summed E-state index contributed by atoms with van der Waals surface area (Å²) in [6, 6.07) is 6.79. The first kappa shape index (κ1) is 9.28. The molecule has 0 aliphatic rings. The molecule has 0 amide bonds. The van der Waals surface area contributed by atoms with Crippen LogP contribution in [-0.4, -0.2) is 11.1 Å². The number of nitriles is 1. The monoisotopic (exact) mass is 201 g/mol. The van der Waals surface area contributed by atoms with E-state index in [1.54, 1.807) is 25.1 Å². The van der Waals surface area contributed by atoms with Gasteiger partial charge in [0.05, 0.1) is 11.6 Å². The molecule has 0 saturated carbocycles. The lowest BCUT2D eigenvalue weighted by atomic mass is 10.1. The molecule has 0 bridgehead atoms. The first-order chi connectivity index (χ1) is 7.13. The van der Waals surface area contributed by atoms with Crippen LogP contribution in [0, 0.1) is 18.3 Å². The van der Waals surface area contributed by atoms with Crippen molar-refractivity contribution in [2.24, 2.45) is 0 Å². The minimum Gasteiger partial charge on any atom is -0.475 e. The van der Waals surface area contributed by atoms with Crippen molar-refractivity contribution in [3.8, 4) is 6.07 Å². The molecule has 0 aliphatic heterocycles. The van der Waals surface area contributed by atoms with Gasteiger partial charge < -0.3 is 9.52 Å². The molecule has 0 saturated heterocycles. The molecule has 1 aromatic heterocycles. The van der Waals surface area contributed by atoms with Crippen LogP contribution in [0.4, 0.5) is 0 Å². The maximum Gasteiger partial charge on any atom is 0.372 e. The third-order valence-corrected chi connectivity index (χ3v) is 2.22. The topological polar surface area (TPSA) is 74.2 Å². The molecule has 2 rings (SSSR count). The van der Waals surface area contributed by atoms with Gasteiger partial charge in [0.15, 0.2) is 0 Å². The van der Waals surface area contributed by atoms with Crippen molar-refractivity contribution in [2.45, 2.75) is 6.92 Å². The highest BCUT2D eigenvalue weighted by molar-refractivity contribution is 6.02. The number of nitrogens with zero attached hydrogens (tertiary/aromatic N) is 1. The van der Waals surface area contributed by atoms with Gasteiger partial charge in [-0.05, 0) is 25.1 Å². The van der Waals surface area contributed by atoms with E-state index >= 15 is 0 Å². The fourth-order valence-corrected chi connectivity index (χ4v) is 1.52. The van der Waals surface area contributed by atoms with Crippen molar-refractivity contribution in [3.63, 3.8) is 0 Å². The van der Waals surface area contributed by atoms with Crippen LogP contribution in [0.5, 0.6) is 0 Å². The largest absolute Gasteiger partial charge is 0.475 e. The average molecular weight is 201 g/mol. The lowest BCUT2D eigenvalue weighted by Crippen LogP contribution is -1.93. The van der Waals surface area contributed by atoms with Gasteiger partial charge in [0, 0.05) is 10.8 Å². The predicted molar refractivity (Wildman–Crippen MR) is 52.6 cm³/mol. The molecule has 1 heterocycles. The molecule has 0 unspecified atom stereocenters. The quantitative estimate of drug-likeness (QED) is 0.768. The van der Waals surface area contributed by atoms with E-state index in [2.05, 4.69) is 0 Å². The van der Waals surface area contributed by atoms with Crippen LogP contribution in [0.2, 0.25) is 0 Å². The summed E-state index contributed by atoms with van der Waals surface area (Å²) in [4.78, 5) is 10.8. The molecular formula is C11H7NO3. The number of carbonyl (C=O) groups is 1. The lowest BCUT2D eigenvalue weighted by Gasteiger charge is -1.91. The zero-order valence-electron chi connectivity index (χ0n) is 7.94. The van der Waals surface area contributed by atoms with Crippen molar-refractivity contribution in [3.05, 3.63) is 35.3 Å². The van der Waals surface area contributed by atoms with Crippen molar-refractivity contribution < 1.29 is 14.3 Å². The summed E-state index contributed by atoms with van der Waals surface area (Å²) < 4.78 is 5.12. The summed E-state index contributed by atoms with van der Waals surface area (Å²) in [5, 5.41) is 18.8. The van der Waals surface area contributed by atoms with Gasteiger partial charge in [-0.15, -0.1) is 0 Å². The molecule has 0 spiro atoms. The van der Waals surface area contributed by atoms with Crippen molar-refractivity contribution >= 4 is 16.7 Å². The number of carboxylic acids is 1.